The van der Waals surface area contributed by atoms with Crippen LogP contribution >= 0.6 is 0 Å². The van der Waals surface area contributed by atoms with Gasteiger partial charge in [-0.25, -0.2) is 4.79 Å². The Kier molecular flexibility index (Phi) is 15.5. The summed E-state index contributed by atoms with van der Waals surface area (Å²) in [6.07, 6.45) is 7.55. The maximum absolute atomic E-state index is 14.3. The normalized spacial score (nSPS) is 22.6. The molecular weight excluding hydrogens is 713 g/mol. The molecule has 2 aliphatic heterocycles. The van der Waals surface area contributed by atoms with Gasteiger partial charge in [0.15, 0.2) is 11.9 Å². The minimum atomic E-state index is -1.00. The zero-order chi connectivity index (χ0) is 40.2. The molecule has 3 heterocycles. The van der Waals surface area contributed by atoms with E-state index in [1.165, 1.54) is 7.11 Å². The lowest BCUT2D eigenvalue weighted by Gasteiger charge is -2.39. The van der Waals surface area contributed by atoms with Crippen LogP contribution in [0, 0.1) is 11.8 Å². The van der Waals surface area contributed by atoms with E-state index in [1.807, 2.05) is 81.6 Å². The predicted molar refractivity (Wildman–Crippen MR) is 213 cm³/mol. The number of ketones is 1. The molecule has 2 N–H and O–H groups in total. The number of esters is 1. The molecule has 5 rings (SSSR count). The highest BCUT2D eigenvalue weighted by Gasteiger charge is 2.41. The van der Waals surface area contributed by atoms with Gasteiger partial charge in [0.2, 0.25) is 17.7 Å². The highest BCUT2D eigenvalue weighted by atomic mass is 16.6. The molecule has 0 radical (unpaired) electrons. The van der Waals surface area contributed by atoms with Gasteiger partial charge >= 0.3 is 5.97 Å². The summed E-state index contributed by atoms with van der Waals surface area (Å²) in [4.78, 5) is 77.1. The zero-order valence-electron chi connectivity index (χ0n) is 33.7. The van der Waals surface area contributed by atoms with Crippen molar-refractivity contribution in [1.29, 1.82) is 0 Å². The van der Waals surface area contributed by atoms with Crippen molar-refractivity contribution in [1.82, 2.24) is 20.3 Å². The lowest BCUT2D eigenvalue weighted by atomic mass is 9.87. The molecule has 0 spiro atoms. The molecule has 3 amide bonds. The van der Waals surface area contributed by atoms with Crippen LogP contribution in [0.5, 0.6) is 0 Å². The van der Waals surface area contributed by atoms with Gasteiger partial charge in [-0.15, -0.1) is 0 Å². The molecule has 56 heavy (non-hydrogen) atoms. The molecule has 304 valence electrons. The van der Waals surface area contributed by atoms with Crippen LogP contribution in [0.3, 0.4) is 0 Å². The molecule has 3 aromatic rings. The second-order valence-corrected chi connectivity index (χ2v) is 15.4. The van der Waals surface area contributed by atoms with Crippen molar-refractivity contribution in [2.24, 2.45) is 11.8 Å². The van der Waals surface area contributed by atoms with Crippen LogP contribution in [-0.4, -0.2) is 84.1 Å². The van der Waals surface area contributed by atoms with E-state index in [9.17, 15) is 24.0 Å². The van der Waals surface area contributed by atoms with Gasteiger partial charge in [-0.1, -0.05) is 88.6 Å². The molecule has 2 aromatic carbocycles. The number of amides is 3. The number of aromatic nitrogens is 1. The number of piperidine rings is 1. The van der Waals surface area contributed by atoms with Crippen LogP contribution in [0.4, 0.5) is 0 Å². The Hall–Kier alpha value is -4.71. The lowest BCUT2D eigenvalue weighted by Crippen LogP contribution is -2.61. The summed E-state index contributed by atoms with van der Waals surface area (Å²) in [5, 5.41) is 6.94. The SMILES string of the molecule is CCC(C)[C@@H]1NC(=O)[C@H](Cc2cn(OC)c3ccccc23)NC(=O)[C@H](CCCCC[C@H](CC)OC(=O)[C@@H](OC)c2ccccc2)CC(=O)[C@H]2CCCCN2C1=O. The van der Waals surface area contributed by atoms with E-state index < -0.39 is 42.0 Å². The average Bonchev–Trinajstić information content (AvgIpc) is 3.58. The van der Waals surface area contributed by atoms with Gasteiger partial charge in [0, 0.05) is 44.0 Å². The molecule has 2 aliphatic rings. The largest absolute Gasteiger partial charge is 0.460 e. The molecule has 1 aromatic heterocycles. The topological polar surface area (TPSA) is 145 Å². The highest BCUT2D eigenvalue weighted by Crippen LogP contribution is 2.28. The number of rotatable bonds is 16. The molecule has 0 saturated carbocycles. The first kappa shape index (κ1) is 42.4. The third kappa shape index (κ3) is 10.4. The maximum Gasteiger partial charge on any atom is 0.340 e. The monoisotopic (exact) mass is 772 g/mol. The summed E-state index contributed by atoms with van der Waals surface area (Å²) in [5.74, 6) is -2.44. The first-order valence-electron chi connectivity index (χ1n) is 20.5. The first-order valence-corrected chi connectivity index (χ1v) is 20.5. The van der Waals surface area contributed by atoms with Gasteiger partial charge in [0.1, 0.15) is 25.3 Å². The van der Waals surface area contributed by atoms with E-state index in [0.717, 1.165) is 47.7 Å². The van der Waals surface area contributed by atoms with Gasteiger partial charge in [-0.05, 0) is 68.1 Å². The summed E-state index contributed by atoms with van der Waals surface area (Å²) in [6, 6.07) is 14.5. The van der Waals surface area contributed by atoms with Gasteiger partial charge in [0.05, 0.1) is 11.6 Å². The minimum Gasteiger partial charge on any atom is -0.460 e. The molecule has 0 bridgehead atoms. The Morgan fingerprint density at radius 3 is 2.36 bits per heavy atom. The van der Waals surface area contributed by atoms with E-state index in [4.69, 9.17) is 14.3 Å². The molecule has 2 saturated heterocycles. The average molecular weight is 773 g/mol. The smallest absolute Gasteiger partial charge is 0.340 e. The number of nitrogens with zero attached hydrogens (tertiary/aromatic N) is 2. The summed E-state index contributed by atoms with van der Waals surface area (Å²) in [6.45, 7) is 6.32. The number of benzene rings is 2. The summed E-state index contributed by atoms with van der Waals surface area (Å²) < 4.78 is 12.9. The van der Waals surface area contributed by atoms with Crippen LogP contribution in [0.25, 0.3) is 10.9 Å². The van der Waals surface area contributed by atoms with Crippen LogP contribution in [0.2, 0.25) is 0 Å². The van der Waals surface area contributed by atoms with Gasteiger partial charge in [-0.2, -0.15) is 4.73 Å². The van der Waals surface area contributed by atoms with Crippen LogP contribution in [0.15, 0.2) is 60.8 Å². The van der Waals surface area contributed by atoms with Crippen molar-refractivity contribution in [3.05, 3.63) is 71.9 Å². The van der Waals surface area contributed by atoms with Crippen LogP contribution < -0.4 is 15.5 Å². The molecule has 2 fully saturated rings. The number of ether oxygens (including phenoxy) is 2. The molecule has 1 unspecified atom stereocenters. The molecule has 0 aliphatic carbocycles. The van der Waals surface area contributed by atoms with Crippen molar-refractivity contribution in [2.45, 2.75) is 128 Å². The van der Waals surface area contributed by atoms with Crippen molar-refractivity contribution in [2.75, 3.05) is 20.8 Å². The third-order valence-electron chi connectivity index (χ3n) is 11.6. The third-order valence-corrected chi connectivity index (χ3v) is 11.6. The fourth-order valence-corrected chi connectivity index (χ4v) is 8.11. The van der Waals surface area contributed by atoms with E-state index in [1.54, 1.807) is 16.7 Å². The van der Waals surface area contributed by atoms with E-state index >= 15 is 0 Å². The number of unbranched alkanes of at least 4 members (excludes halogenated alkanes) is 2. The molecule has 12 heteroatoms. The quantitative estimate of drug-likeness (QED) is 0.136. The number of nitrogens with one attached hydrogen (secondary N) is 2. The summed E-state index contributed by atoms with van der Waals surface area (Å²) in [7, 11) is 3.06. The maximum atomic E-state index is 14.3. The lowest BCUT2D eigenvalue weighted by molar-refractivity contribution is -0.162. The molecular formula is C44H60N4O8. The number of Topliss-reactive ketones (excluding diaryl/α,β-unsaturated/α-hetero) is 1. The van der Waals surface area contributed by atoms with Crippen molar-refractivity contribution in [3.8, 4) is 0 Å². The van der Waals surface area contributed by atoms with E-state index in [0.29, 0.717) is 45.1 Å². The van der Waals surface area contributed by atoms with Crippen molar-refractivity contribution in [3.63, 3.8) is 0 Å². The minimum absolute atomic E-state index is 0.0152. The van der Waals surface area contributed by atoms with Crippen molar-refractivity contribution >= 4 is 40.4 Å². The van der Waals surface area contributed by atoms with Gasteiger partial charge in [0.25, 0.3) is 0 Å². The number of carbonyl (C=O) groups is 5. The number of para-hydroxylation sites is 1. The first-order chi connectivity index (χ1) is 27.1. The number of carbonyl (C=O) groups excluding carboxylic acids is 5. The van der Waals surface area contributed by atoms with Gasteiger partial charge in [-0.3, -0.25) is 19.2 Å². The standard InChI is InChI=1S/C44H60N4O8/c1-6-29(3)39-43(52)47-25-17-16-24-37(47)38(49)27-31(20-12-9-13-21-33(7-2)56-44(53)40(54-4)30-18-10-8-11-19-30)41(50)45-35(42(51)46-39)26-32-28-48(55-5)36-23-15-14-22-34(32)36/h8,10-11,14-15,18-19,22-23,28-29,31,33,35,37,39-40H,6-7,9,12-13,16-17,20-21,24-27H2,1-5H3,(H,45,50)(H,46,51)/t29?,31-,33+,35+,37-,39+,40+/m1/s1. The number of hydrogen-bond donors (Lipinski definition) is 2. The fourth-order valence-electron chi connectivity index (χ4n) is 8.11. The van der Waals surface area contributed by atoms with Gasteiger partial charge < -0.3 is 29.8 Å². The second-order valence-electron chi connectivity index (χ2n) is 15.4. The summed E-state index contributed by atoms with van der Waals surface area (Å²) in [5.41, 5.74) is 2.36. The highest BCUT2D eigenvalue weighted by molar-refractivity contribution is 5.98. The number of fused-ring (bicyclic) bond motifs is 2. The Bertz CT molecular complexity index is 1790. The molecule has 12 nitrogen and oxygen atoms in total. The second kappa shape index (κ2) is 20.5. The van der Waals surface area contributed by atoms with Crippen LogP contribution in [-0.2, 0) is 39.9 Å². The Morgan fingerprint density at radius 2 is 1.64 bits per heavy atom. The van der Waals surface area contributed by atoms with E-state index in [2.05, 4.69) is 10.6 Å². The Labute approximate surface area is 330 Å². The predicted octanol–water partition coefficient (Wildman–Crippen LogP) is 5.89. The Morgan fingerprint density at radius 1 is 0.893 bits per heavy atom. The van der Waals surface area contributed by atoms with Crippen LogP contribution in [0.1, 0.15) is 109 Å². The van der Waals surface area contributed by atoms with Crippen molar-refractivity contribution < 1.29 is 38.3 Å². The van der Waals surface area contributed by atoms with E-state index in [-0.39, 0.29) is 42.5 Å². The Balaban J connectivity index is 1.32. The zero-order valence-corrected chi connectivity index (χ0v) is 33.7. The summed E-state index contributed by atoms with van der Waals surface area (Å²) >= 11 is 0. The number of hydrogen-bond acceptors (Lipinski definition) is 8. The molecule has 7 atom stereocenters. The fraction of sp³-hybridized carbons (Fsp3) is 0.568. The number of methoxy groups -OCH3 is 1.